The standard InChI is InChI=1S/C29H37FIN9O/c1-3-24-32-21-6-4-5-7-22(21)40(24)29-34-27-26(28(35-29)39-14-15-41-23(31)17-39)33-25(36(27)2)18-37-11-9-20(10-12-37)38-13-8-19(30)16-38/h4-7,19-20,23H,3,8-18H2,1-2H3. The highest BCUT2D eigenvalue weighted by atomic mass is 127. The summed E-state index contributed by atoms with van der Waals surface area (Å²) in [5.74, 6) is 3.40. The minimum atomic E-state index is -0.657. The number of morpholine rings is 1. The van der Waals surface area contributed by atoms with Crippen LogP contribution in [0.3, 0.4) is 0 Å². The molecule has 7 rings (SSSR count). The summed E-state index contributed by atoms with van der Waals surface area (Å²) in [6, 6.07) is 8.67. The minimum absolute atomic E-state index is 0.0860. The first-order valence-electron chi connectivity index (χ1n) is 14.8. The van der Waals surface area contributed by atoms with E-state index in [1.54, 1.807) is 0 Å². The molecule has 4 aromatic rings. The number of piperidine rings is 1. The Morgan fingerprint density at radius 3 is 2.56 bits per heavy atom. The minimum Gasteiger partial charge on any atom is -0.364 e. The van der Waals surface area contributed by atoms with Gasteiger partial charge in [0.15, 0.2) is 17.0 Å². The van der Waals surface area contributed by atoms with Crippen LogP contribution < -0.4 is 4.90 Å². The van der Waals surface area contributed by atoms with Crippen LogP contribution in [0, 0.1) is 0 Å². The summed E-state index contributed by atoms with van der Waals surface area (Å²) >= 11 is 2.35. The van der Waals surface area contributed by atoms with E-state index in [4.69, 9.17) is 24.7 Å². The second-order valence-corrected chi connectivity index (χ2v) is 12.8. The van der Waals surface area contributed by atoms with Gasteiger partial charge in [-0.1, -0.05) is 19.1 Å². The molecule has 12 heteroatoms. The van der Waals surface area contributed by atoms with E-state index in [-0.39, 0.29) is 4.11 Å². The molecule has 6 heterocycles. The molecule has 3 fully saturated rings. The predicted molar refractivity (Wildman–Crippen MR) is 166 cm³/mol. The summed E-state index contributed by atoms with van der Waals surface area (Å²) in [5.41, 5.74) is 3.61. The smallest absolute Gasteiger partial charge is 0.239 e. The average Bonchev–Trinajstić information content (AvgIpc) is 3.68. The van der Waals surface area contributed by atoms with Gasteiger partial charge >= 0.3 is 0 Å². The molecule has 1 aromatic carbocycles. The van der Waals surface area contributed by atoms with Crippen LogP contribution in [0.15, 0.2) is 24.3 Å². The Morgan fingerprint density at radius 2 is 1.80 bits per heavy atom. The number of imidazole rings is 2. The third-order valence-corrected chi connectivity index (χ3v) is 9.61. The van der Waals surface area contributed by atoms with Crippen molar-refractivity contribution in [3.8, 4) is 5.95 Å². The first-order valence-corrected chi connectivity index (χ1v) is 16.0. The van der Waals surface area contributed by atoms with Crippen LogP contribution in [0.25, 0.3) is 28.1 Å². The number of rotatable bonds is 6. The Hall–Kier alpha value is -2.42. The zero-order valence-electron chi connectivity index (χ0n) is 23.7. The van der Waals surface area contributed by atoms with Crippen LogP contribution in [0.2, 0.25) is 0 Å². The Balaban J connectivity index is 1.24. The maximum atomic E-state index is 13.8. The lowest BCUT2D eigenvalue weighted by Gasteiger charge is -2.36. The number of ether oxygens (including phenoxy) is 1. The van der Waals surface area contributed by atoms with Crippen molar-refractivity contribution < 1.29 is 9.13 Å². The van der Waals surface area contributed by atoms with Crippen LogP contribution in [0.5, 0.6) is 0 Å². The molecule has 0 N–H and O–H groups in total. The number of hydrogen-bond acceptors (Lipinski definition) is 8. The van der Waals surface area contributed by atoms with Crippen LogP contribution >= 0.6 is 22.6 Å². The van der Waals surface area contributed by atoms with Crippen LogP contribution in [0.1, 0.15) is 37.8 Å². The fraction of sp³-hybridized carbons (Fsp3) is 0.586. The van der Waals surface area contributed by atoms with E-state index in [2.05, 4.69) is 66.5 Å². The Labute approximate surface area is 253 Å². The van der Waals surface area contributed by atoms with Crippen LogP contribution in [0.4, 0.5) is 10.2 Å². The van der Waals surface area contributed by atoms with Crippen molar-refractivity contribution in [3.63, 3.8) is 0 Å². The molecule has 3 aliphatic heterocycles. The Bertz CT molecular complexity index is 1550. The van der Waals surface area contributed by atoms with Crippen LogP contribution in [-0.4, -0.2) is 101 Å². The highest BCUT2D eigenvalue weighted by Crippen LogP contribution is 2.30. The molecule has 3 aromatic heterocycles. The van der Waals surface area contributed by atoms with Crippen molar-refractivity contribution in [1.82, 2.24) is 38.9 Å². The molecule has 0 bridgehead atoms. The van der Waals surface area contributed by atoms with Crippen molar-refractivity contribution >= 4 is 50.6 Å². The average molecular weight is 674 g/mol. The number of nitrogens with zero attached hydrogens (tertiary/aromatic N) is 9. The van der Waals surface area contributed by atoms with E-state index < -0.39 is 6.17 Å². The number of aryl methyl sites for hydroxylation is 2. The van der Waals surface area contributed by atoms with E-state index in [0.29, 0.717) is 31.6 Å². The quantitative estimate of drug-likeness (QED) is 0.226. The van der Waals surface area contributed by atoms with Gasteiger partial charge in [-0.15, -0.1) is 0 Å². The largest absolute Gasteiger partial charge is 0.364 e. The lowest BCUT2D eigenvalue weighted by Crippen LogP contribution is -2.44. The fourth-order valence-corrected chi connectivity index (χ4v) is 7.33. The normalized spacial score (nSPS) is 23.4. The van der Waals surface area contributed by atoms with Crippen molar-refractivity contribution in [2.45, 2.75) is 55.5 Å². The molecule has 0 spiro atoms. The number of aromatic nitrogens is 6. The Morgan fingerprint density at radius 1 is 0.976 bits per heavy atom. The summed E-state index contributed by atoms with van der Waals surface area (Å²) in [6.45, 7) is 8.50. The molecule has 2 atom stereocenters. The second-order valence-electron chi connectivity index (χ2n) is 11.4. The number of anilines is 1. The van der Waals surface area contributed by atoms with Gasteiger partial charge in [0.1, 0.15) is 21.9 Å². The van der Waals surface area contributed by atoms with Gasteiger partial charge in [-0.25, -0.2) is 14.4 Å². The molecule has 3 saturated heterocycles. The zero-order valence-corrected chi connectivity index (χ0v) is 25.9. The Kier molecular flexibility index (Phi) is 7.59. The molecule has 10 nitrogen and oxygen atoms in total. The summed E-state index contributed by atoms with van der Waals surface area (Å²) in [7, 11) is 2.07. The van der Waals surface area contributed by atoms with E-state index >= 15 is 0 Å². The van der Waals surface area contributed by atoms with Crippen molar-refractivity contribution in [2.75, 3.05) is 50.8 Å². The number of alkyl halides is 2. The number of halogens is 2. The molecule has 0 amide bonds. The molecule has 0 radical (unpaired) electrons. The molecule has 0 saturated carbocycles. The molecular weight excluding hydrogens is 636 g/mol. The van der Waals surface area contributed by atoms with Gasteiger partial charge in [-0.3, -0.25) is 14.4 Å². The first-order chi connectivity index (χ1) is 20.0. The lowest BCUT2D eigenvalue weighted by molar-refractivity contribution is 0.109. The number of fused-ring (bicyclic) bond motifs is 2. The third kappa shape index (κ3) is 5.21. The second kappa shape index (κ2) is 11.3. The number of benzene rings is 1. The molecule has 3 aliphatic rings. The van der Waals surface area contributed by atoms with Crippen LogP contribution in [-0.2, 0) is 24.8 Å². The topological polar surface area (TPSA) is 80.4 Å². The van der Waals surface area contributed by atoms with Crippen molar-refractivity contribution in [2.24, 2.45) is 7.05 Å². The van der Waals surface area contributed by atoms with Gasteiger partial charge in [0.05, 0.1) is 30.7 Å². The predicted octanol–water partition coefficient (Wildman–Crippen LogP) is 3.87. The number of hydrogen-bond donors (Lipinski definition) is 0. The van der Waals surface area contributed by atoms with Gasteiger partial charge in [-0.2, -0.15) is 9.97 Å². The van der Waals surface area contributed by atoms with Gasteiger partial charge in [0, 0.05) is 52.2 Å². The van der Waals surface area contributed by atoms with E-state index in [0.717, 1.165) is 98.2 Å². The van der Waals surface area contributed by atoms with Gasteiger partial charge < -0.3 is 14.2 Å². The number of likely N-dealkylation sites (tertiary alicyclic amines) is 2. The van der Waals surface area contributed by atoms with Gasteiger partial charge in [0.2, 0.25) is 5.95 Å². The molecule has 41 heavy (non-hydrogen) atoms. The number of para-hydroxylation sites is 2. The van der Waals surface area contributed by atoms with Gasteiger partial charge in [0.25, 0.3) is 0 Å². The van der Waals surface area contributed by atoms with Crippen molar-refractivity contribution in [3.05, 3.63) is 35.9 Å². The molecular formula is C29H37FIN9O. The molecule has 2 unspecified atom stereocenters. The third-order valence-electron chi connectivity index (χ3n) is 8.85. The summed E-state index contributed by atoms with van der Waals surface area (Å²) < 4.78 is 23.9. The van der Waals surface area contributed by atoms with Crippen molar-refractivity contribution in [1.29, 1.82) is 0 Å². The highest BCUT2D eigenvalue weighted by molar-refractivity contribution is 14.1. The molecule has 0 aliphatic carbocycles. The summed E-state index contributed by atoms with van der Waals surface area (Å²) in [5, 5.41) is 0. The highest BCUT2D eigenvalue weighted by Gasteiger charge is 2.32. The lowest BCUT2D eigenvalue weighted by atomic mass is 10.0. The van der Waals surface area contributed by atoms with E-state index in [1.165, 1.54) is 0 Å². The van der Waals surface area contributed by atoms with E-state index in [1.807, 2.05) is 18.2 Å². The maximum absolute atomic E-state index is 13.8. The van der Waals surface area contributed by atoms with Gasteiger partial charge in [-0.05, 0) is 54.0 Å². The summed E-state index contributed by atoms with van der Waals surface area (Å²) in [4.78, 5) is 27.5. The van der Waals surface area contributed by atoms with E-state index in [9.17, 15) is 4.39 Å². The zero-order chi connectivity index (χ0) is 28.1. The monoisotopic (exact) mass is 673 g/mol. The fourth-order valence-electron chi connectivity index (χ4n) is 6.60. The first kappa shape index (κ1) is 27.4. The SMILES string of the molecule is CCc1nc2ccccc2n1-c1nc(N2CCOC(I)C2)c2nc(CN3CCC(N4CCC(F)C4)CC3)n(C)c2n1. The summed E-state index contributed by atoms with van der Waals surface area (Å²) in [6.07, 6.45) is 2.95. The maximum Gasteiger partial charge on any atom is 0.239 e. The molecule has 218 valence electrons.